The number of nitrogens with zero attached hydrogens (tertiary/aromatic N) is 1. The lowest BCUT2D eigenvalue weighted by atomic mass is 10.1. The Morgan fingerprint density at radius 1 is 1.14 bits per heavy atom. The molecule has 0 aliphatic carbocycles. The van der Waals surface area contributed by atoms with E-state index in [0.717, 1.165) is 26.4 Å². The van der Waals surface area contributed by atoms with Crippen LogP contribution in [0.25, 0.3) is 0 Å². The number of hydrogen-bond acceptors (Lipinski definition) is 6. The minimum atomic E-state index is -1.09. The van der Waals surface area contributed by atoms with Gasteiger partial charge < -0.3 is 19.1 Å². The molecule has 8 heteroatoms. The molecule has 0 atom stereocenters. The molecule has 22 heavy (non-hydrogen) atoms. The quantitative estimate of drug-likeness (QED) is 0.785. The Bertz CT molecular complexity index is 644. The fourth-order valence-electron chi connectivity index (χ4n) is 2.00. The fraction of sp³-hybridized carbons (Fsp3) is 0.286. The maximum atomic E-state index is 13.4. The van der Waals surface area contributed by atoms with Gasteiger partial charge in [-0.3, -0.25) is 0 Å². The van der Waals surface area contributed by atoms with Crippen LogP contribution in [0, 0.1) is 11.6 Å². The number of ether oxygens (including phenoxy) is 3. The number of carbonyl (C=O) groups excluding carboxylic acids is 2. The topological polar surface area (TPSA) is 65.1 Å². The van der Waals surface area contributed by atoms with Crippen LogP contribution in [0.4, 0.5) is 14.5 Å². The van der Waals surface area contributed by atoms with Crippen LogP contribution in [0.3, 0.4) is 0 Å². The predicted molar refractivity (Wildman–Crippen MR) is 70.7 cm³/mol. The number of hydrogen-bond donors (Lipinski definition) is 0. The van der Waals surface area contributed by atoms with Crippen LogP contribution in [0.2, 0.25) is 0 Å². The lowest BCUT2D eigenvalue weighted by Gasteiger charge is -2.31. The molecule has 6 nitrogen and oxygen atoms in total. The zero-order valence-electron chi connectivity index (χ0n) is 11.9. The van der Waals surface area contributed by atoms with Crippen molar-refractivity contribution in [1.82, 2.24) is 0 Å². The van der Waals surface area contributed by atoms with Crippen molar-refractivity contribution in [3.8, 4) is 0 Å². The lowest BCUT2D eigenvalue weighted by molar-refractivity contribution is -0.140. The molecule has 1 aliphatic rings. The molecule has 1 aliphatic heterocycles. The number of methoxy groups -OCH3 is 2. The summed E-state index contributed by atoms with van der Waals surface area (Å²) in [5, 5.41) is 0. The Balaban J connectivity index is 2.54. The molecule has 0 spiro atoms. The molecule has 1 aromatic carbocycles. The molecule has 0 saturated heterocycles. The normalized spacial score (nSPS) is 14.8. The molecule has 0 aromatic heterocycles. The Morgan fingerprint density at radius 3 is 2.41 bits per heavy atom. The Kier molecular flexibility index (Phi) is 4.71. The van der Waals surface area contributed by atoms with Gasteiger partial charge in [-0.05, 0) is 12.1 Å². The first-order valence-electron chi connectivity index (χ1n) is 6.19. The van der Waals surface area contributed by atoms with E-state index in [1.165, 1.54) is 11.0 Å². The average molecular weight is 313 g/mol. The van der Waals surface area contributed by atoms with Crippen molar-refractivity contribution in [2.45, 2.75) is 0 Å². The Hall–Kier alpha value is -2.48. The van der Waals surface area contributed by atoms with Gasteiger partial charge in [0.1, 0.15) is 12.4 Å². The van der Waals surface area contributed by atoms with Crippen LogP contribution < -0.4 is 4.90 Å². The third-order valence-electron chi connectivity index (χ3n) is 3.05. The van der Waals surface area contributed by atoms with Gasteiger partial charge in [0.2, 0.25) is 0 Å². The summed E-state index contributed by atoms with van der Waals surface area (Å²) in [7, 11) is 2.30. The van der Waals surface area contributed by atoms with Crippen molar-refractivity contribution in [2.24, 2.45) is 0 Å². The van der Waals surface area contributed by atoms with E-state index in [-0.39, 0.29) is 30.3 Å². The zero-order chi connectivity index (χ0) is 16.3. The van der Waals surface area contributed by atoms with Crippen molar-refractivity contribution in [3.63, 3.8) is 0 Å². The molecule has 0 N–H and O–H groups in total. The van der Waals surface area contributed by atoms with Crippen LogP contribution in [-0.2, 0) is 23.8 Å². The SMILES string of the molecule is COC(=O)C1=C(C(=O)OC)N(c2ccc(F)c(F)c2)COC1. The number of halogens is 2. The van der Waals surface area contributed by atoms with Gasteiger partial charge in [0.05, 0.1) is 26.4 Å². The van der Waals surface area contributed by atoms with Crippen LogP contribution >= 0.6 is 0 Å². The van der Waals surface area contributed by atoms with E-state index >= 15 is 0 Å². The molecule has 2 rings (SSSR count). The third kappa shape index (κ3) is 2.91. The van der Waals surface area contributed by atoms with Gasteiger partial charge in [0.25, 0.3) is 0 Å². The highest BCUT2D eigenvalue weighted by Crippen LogP contribution is 2.27. The summed E-state index contributed by atoms with van der Waals surface area (Å²) >= 11 is 0. The summed E-state index contributed by atoms with van der Waals surface area (Å²) in [6.07, 6.45) is 0. The van der Waals surface area contributed by atoms with Gasteiger partial charge in [0, 0.05) is 11.8 Å². The van der Waals surface area contributed by atoms with Gasteiger partial charge in [-0.1, -0.05) is 0 Å². The lowest BCUT2D eigenvalue weighted by Crippen LogP contribution is -2.38. The summed E-state index contributed by atoms with van der Waals surface area (Å²) < 4.78 is 40.9. The standard InChI is InChI=1S/C14H13F2NO5/c1-20-13(18)9-6-22-7-17(12(9)14(19)21-2)8-3-4-10(15)11(16)5-8/h3-5H,6-7H2,1-2H3. The summed E-state index contributed by atoms with van der Waals surface area (Å²) in [5.74, 6) is -3.70. The monoisotopic (exact) mass is 313 g/mol. The third-order valence-corrected chi connectivity index (χ3v) is 3.05. The molecule has 1 heterocycles. The first kappa shape index (κ1) is 15.9. The zero-order valence-corrected chi connectivity index (χ0v) is 11.9. The molecule has 0 radical (unpaired) electrons. The van der Waals surface area contributed by atoms with E-state index in [4.69, 9.17) is 4.74 Å². The van der Waals surface area contributed by atoms with Crippen molar-refractivity contribution in [3.05, 3.63) is 41.1 Å². The fourth-order valence-corrected chi connectivity index (χ4v) is 2.00. The second kappa shape index (κ2) is 6.52. The van der Waals surface area contributed by atoms with Gasteiger partial charge in [-0.2, -0.15) is 0 Å². The highest BCUT2D eigenvalue weighted by atomic mass is 19.2. The first-order chi connectivity index (χ1) is 10.5. The van der Waals surface area contributed by atoms with Crippen LogP contribution in [0.15, 0.2) is 29.5 Å². The maximum absolute atomic E-state index is 13.4. The molecule has 0 bridgehead atoms. The second-order valence-electron chi connectivity index (χ2n) is 4.31. The summed E-state index contributed by atoms with van der Waals surface area (Å²) in [6, 6.07) is 3.05. The molecule has 0 fully saturated rings. The Labute approximate surface area is 124 Å². The predicted octanol–water partition coefficient (Wildman–Crippen LogP) is 1.36. The van der Waals surface area contributed by atoms with Crippen molar-refractivity contribution >= 4 is 17.6 Å². The van der Waals surface area contributed by atoms with E-state index in [1.54, 1.807) is 0 Å². The van der Waals surface area contributed by atoms with E-state index < -0.39 is 23.6 Å². The van der Waals surface area contributed by atoms with Crippen LogP contribution in [0.5, 0.6) is 0 Å². The molecule has 1 aromatic rings. The largest absolute Gasteiger partial charge is 0.466 e. The van der Waals surface area contributed by atoms with E-state index in [1.807, 2.05) is 0 Å². The molecule has 0 amide bonds. The van der Waals surface area contributed by atoms with E-state index in [9.17, 15) is 18.4 Å². The molecule has 0 saturated carbocycles. The van der Waals surface area contributed by atoms with Gasteiger partial charge in [-0.25, -0.2) is 18.4 Å². The molecule has 0 unspecified atom stereocenters. The summed E-state index contributed by atoms with van der Waals surface area (Å²) in [6.45, 7) is -0.284. The number of anilines is 1. The smallest absolute Gasteiger partial charge is 0.355 e. The number of esters is 2. The number of carbonyl (C=O) groups is 2. The van der Waals surface area contributed by atoms with Crippen LogP contribution in [0.1, 0.15) is 0 Å². The molecular weight excluding hydrogens is 300 g/mol. The Morgan fingerprint density at radius 2 is 1.82 bits per heavy atom. The average Bonchev–Trinajstić information content (AvgIpc) is 2.55. The highest BCUT2D eigenvalue weighted by molar-refractivity contribution is 6.03. The number of rotatable bonds is 3. The number of benzene rings is 1. The highest BCUT2D eigenvalue weighted by Gasteiger charge is 2.32. The van der Waals surface area contributed by atoms with Crippen LogP contribution in [-0.4, -0.2) is 39.5 Å². The van der Waals surface area contributed by atoms with Gasteiger partial charge in [-0.15, -0.1) is 0 Å². The summed E-state index contributed by atoms with van der Waals surface area (Å²) in [5.41, 5.74) is -0.0580. The van der Waals surface area contributed by atoms with Crippen molar-refractivity contribution < 1.29 is 32.6 Å². The maximum Gasteiger partial charge on any atom is 0.355 e. The van der Waals surface area contributed by atoms with Crippen molar-refractivity contribution in [2.75, 3.05) is 32.5 Å². The minimum absolute atomic E-state index is 0.0645. The van der Waals surface area contributed by atoms with Crippen molar-refractivity contribution in [1.29, 1.82) is 0 Å². The molecule has 118 valence electrons. The summed E-state index contributed by atoms with van der Waals surface area (Å²) in [4.78, 5) is 25.0. The minimum Gasteiger partial charge on any atom is -0.466 e. The second-order valence-corrected chi connectivity index (χ2v) is 4.31. The van der Waals surface area contributed by atoms with Gasteiger partial charge in [0.15, 0.2) is 11.6 Å². The first-order valence-corrected chi connectivity index (χ1v) is 6.19. The van der Waals surface area contributed by atoms with E-state index in [0.29, 0.717) is 0 Å². The van der Waals surface area contributed by atoms with Gasteiger partial charge >= 0.3 is 11.9 Å². The van der Waals surface area contributed by atoms with E-state index in [2.05, 4.69) is 9.47 Å². The molecular formula is C14H13F2NO5.